The van der Waals surface area contributed by atoms with E-state index in [1.165, 1.54) is 33.5 Å². The minimum absolute atomic E-state index is 0.0537. The highest BCUT2D eigenvalue weighted by molar-refractivity contribution is 7.87. The van der Waals surface area contributed by atoms with Crippen LogP contribution in [0.15, 0.2) is 90.8 Å². The smallest absolute Gasteiger partial charge is 0.307 e. The maximum atomic E-state index is 13.3. The molecule has 0 unspecified atom stereocenters. The van der Waals surface area contributed by atoms with E-state index in [0.717, 1.165) is 13.8 Å². The number of methoxy groups -OCH3 is 1. The molecule has 0 radical (unpaired) electrons. The van der Waals surface area contributed by atoms with Crippen molar-refractivity contribution in [2.45, 2.75) is 6.54 Å². The van der Waals surface area contributed by atoms with Crippen molar-refractivity contribution in [2.24, 2.45) is 0 Å². The van der Waals surface area contributed by atoms with E-state index in [4.69, 9.17) is 4.74 Å². The summed E-state index contributed by atoms with van der Waals surface area (Å²) in [5.41, 5.74) is 1.95. The minimum atomic E-state index is -3.84. The number of carbonyl (C=O) groups excluding carboxylic acids is 2. The molecule has 1 aromatic heterocycles. The lowest BCUT2D eigenvalue weighted by Gasteiger charge is -2.13. The number of hydrogen-bond donors (Lipinski definition) is 2. The van der Waals surface area contributed by atoms with Crippen LogP contribution in [0, 0.1) is 0 Å². The summed E-state index contributed by atoms with van der Waals surface area (Å²) < 4.78 is 33.5. The van der Waals surface area contributed by atoms with Crippen molar-refractivity contribution in [3.8, 4) is 5.75 Å². The highest BCUT2D eigenvalue weighted by Gasteiger charge is 2.22. The average Bonchev–Trinajstić information content (AvgIpc) is 3.30. The van der Waals surface area contributed by atoms with Crippen molar-refractivity contribution in [3.05, 3.63) is 107 Å². The number of nitrogens with zero attached hydrogens (tertiary/aromatic N) is 2. The van der Waals surface area contributed by atoms with Crippen LogP contribution in [0.5, 0.6) is 5.75 Å². The van der Waals surface area contributed by atoms with Crippen LogP contribution >= 0.6 is 0 Å². The third-order valence-electron chi connectivity index (χ3n) is 5.86. The largest absolute Gasteiger partial charge is 0.496 e. The molecule has 9 nitrogen and oxygen atoms in total. The Bertz CT molecular complexity index is 1610. The number of carbonyl (C=O) groups is 2. The lowest BCUT2D eigenvalue weighted by Crippen LogP contribution is -2.34. The van der Waals surface area contributed by atoms with Gasteiger partial charge in [-0.1, -0.05) is 60.7 Å². The van der Waals surface area contributed by atoms with Gasteiger partial charge in [0.1, 0.15) is 11.4 Å². The highest BCUT2D eigenvalue weighted by Crippen LogP contribution is 2.26. The standard InChI is InChI=1S/C28H28N4O5S/c1-31(2)38(35,36)32-19-21(22-13-7-9-15-25(22)32)17-24(28(34)29-18-20-11-5-4-6-12-20)30-27(33)23-14-8-10-16-26(23)37-3/h4-17,19H,18H2,1-3H3,(H,29,34)(H,30,33)/b24-17-. The summed E-state index contributed by atoms with van der Waals surface area (Å²) in [6.45, 7) is 0.234. The third-order valence-corrected chi connectivity index (χ3v) is 7.58. The van der Waals surface area contributed by atoms with E-state index in [-0.39, 0.29) is 17.8 Å². The van der Waals surface area contributed by atoms with Crippen LogP contribution in [0.3, 0.4) is 0 Å². The molecular weight excluding hydrogens is 504 g/mol. The van der Waals surface area contributed by atoms with Gasteiger partial charge in [-0.2, -0.15) is 12.7 Å². The Kier molecular flexibility index (Phi) is 7.94. The first-order valence-electron chi connectivity index (χ1n) is 11.7. The molecule has 0 fully saturated rings. The number of para-hydroxylation sites is 2. The topological polar surface area (TPSA) is 110 Å². The fourth-order valence-corrected chi connectivity index (χ4v) is 4.87. The fraction of sp³-hybridized carbons (Fsp3) is 0.143. The summed E-state index contributed by atoms with van der Waals surface area (Å²) in [5.74, 6) is -0.736. The van der Waals surface area contributed by atoms with Crippen LogP contribution in [0.25, 0.3) is 17.0 Å². The normalized spacial score (nSPS) is 11.9. The first-order chi connectivity index (χ1) is 18.2. The summed E-state index contributed by atoms with van der Waals surface area (Å²) in [6, 6.07) is 22.9. The lowest BCUT2D eigenvalue weighted by atomic mass is 10.1. The molecule has 0 aliphatic carbocycles. The predicted octanol–water partition coefficient (Wildman–Crippen LogP) is 3.39. The van der Waals surface area contributed by atoms with Crippen LogP contribution in [0.1, 0.15) is 21.5 Å². The van der Waals surface area contributed by atoms with Crippen LogP contribution in [-0.2, 0) is 21.5 Å². The zero-order valence-corrected chi connectivity index (χ0v) is 22.0. The highest BCUT2D eigenvalue weighted by atomic mass is 32.2. The number of rotatable bonds is 9. The molecule has 2 amide bonds. The van der Waals surface area contributed by atoms with Crippen molar-refractivity contribution in [1.82, 2.24) is 18.9 Å². The SMILES string of the molecule is COc1ccccc1C(=O)N/C(=C\c1cn(S(=O)(=O)N(C)C)c2ccccc12)C(=O)NCc1ccccc1. The predicted molar refractivity (Wildman–Crippen MR) is 147 cm³/mol. The molecule has 0 saturated carbocycles. The minimum Gasteiger partial charge on any atom is -0.496 e. The van der Waals surface area contributed by atoms with Gasteiger partial charge in [-0.15, -0.1) is 0 Å². The van der Waals surface area contributed by atoms with E-state index >= 15 is 0 Å². The van der Waals surface area contributed by atoms with Gasteiger partial charge in [0.15, 0.2) is 0 Å². The van der Waals surface area contributed by atoms with Gasteiger partial charge in [0.25, 0.3) is 11.8 Å². The number of fused-ring (bicyclic) bond motifs is 1. The summed E-state index contributed by atoms with van der Waals surface area (Å²) in [6.07, 6.45) is 2.90. The third kappa shape index (κ3) is 5.61. The van der Waals surface area contributed by atoms with Gasteiger partial charge >= 0.3 is 10.2 Å². The van der Waals surface area contributed by atoms with E-state index < -0.39 is 22.0 Å². The van der Waals surface area contributed by atoms with Crippen molar-refractivity contribution >= 4 is 39.0 Å². The maximum absolute atomic E-state index is 13.3. The van der Waals surface area contributed by atoms with Gasteiger partial charge in [-0.25, -0.2) is 3.97 Å². The number of benzene rings is 3. The molecule has 0 bridgehead atoms. The lowest BCUT2D eigenvalue weighted by molar-refractivity contribution is -0.117. The molecule has 4 aromatic rings. The number of hydrogen-bond acceptors (Lipinski definition) is 5. The quantitative estimate of drug-likeness (QED) is 0.321. The molecule has 1 heterocycles. The molecular formula is C28H28N4O5S. The Morgan fingerprint density at radius 1 is 0.947 bits per heavy atom. The molecule has 0 saturated heterocycles. The first kappa shape index (κ1) is 26.6. The zero-order valence-electron chi connectivity index (χ0n) is 21.2. The van der Waals surface area contributed by atoms with E-state index in [1.54, 1.807) is 48.5 Å². The van der Waals surface area contributed by atoms with Gasteiger partial charge in [0, 0.05) is 37.8 Å². The number of ether oxygens (including phenoxy) is 1. The van der Waals surface area contributed by atoms with Crippen molar-refractivity contribution in [3.63, 3.8) is 0 Å². The Morgan fingerprint density at radius 2 is 1.61 bits per heavy atom. The number of nitrogens with one attached hydrogen (secondary N) is 2. The van der Waals surface area contributed by atoms with Gasteiger partial charge in [0.2, 0.25) is 0 Å². The molecule has 4 rings (SSSR count). The summed E-state index contributed by atoms with van der Waals surface area (Å²) in [4.78, 5) is 26.5. The Labute approximate surface area is 221 Å². The number of aromatic nitrogens is 1. The summed E-state index contributed by atoms with van der Waals surface area (Å²) in [7, 11) is 0.490. The molecule has 196 valence electrons. The maximum Gasteiger partial charge on any atom is 0.307 e. The van der Waals surface area contributed by atoms with Crippen molar-refractivity contribution in [2.75, 3.05) is 21.2 Å². The second-order valence-corrected chi connectivity index (χ2v) is 10.6. The molecule has 0 atom stereocenters. The van der Waals surface area contributed by atoms with Gasteiger partial charge in [-0.05, 0) is 29.8 Å². The van der Waals surface area contributed by atoms with E-state index in [9.17, 15) is 18.0 Å². The van der Waals surface area contributed by atoms with Crippen LogP contribution in [-0.4, -0.2) is 49.7 Å². The Balaban J connectivity index is 1.77. The molecule has 3 aromatic carbocycles. The molecule has 38 heavy (non-hydrogen) atoms. The molecule has 0 aliphatic heterocycles. The average molecular weight is 533 g/mol. The van der Waals surface area contributed by atoms with E-state index in [2.05, 4.69) is 10.6 Å². The van der Waals surface area contributed by atoms with Crippen molar-refractivity contribution < 1.29 is 22.7 Å². The molecule has 2 N–H and O–H groups in total. The monoisotopic (exact) mass is 532 g/mol. The van der Waals surface area contributed by atoms with E-state index in [1.807, 2.05) is 30.3 Å². The Hall–Kier alpha value is -4.41. The second kappa shape index (κ2) is 11.3. The van der Waals surface area contributed by atoms with E-state index in [0.29, 0.717) is 22.2 Å². The van der Waals surface area contributed by atoms with Gasteiger partial charge in [0.05, 0.1) is 18.2 Å². The zero-order chi connectivity index (χ0) is 27.3. The molecule has 0 aliphatic rings. The van der Waals surface area contributed by atoms with Gasteiger partial charge in [-0.3, -0.25) is 9.59 Å². The number of amides is 2. The fourth-order valence-electron chi connectivity index (χ4n) is 3.87. The van der Waals surface area contributed by atoms with Crippen LogP contribution in [0.2, 0.25) is 0 Å². The van der Waals surface area contributed by atoms with Crippen LogP contribution < -0.4 is 15.4 Å². The summed E-state index contributed by atoms with van der Waals surface area (Å²) >= 11 is 0. The molecule has 0 spiro atoms. The first-order valence-corrected chi connectivity index (χ1v) is 13.1. The van der Waals surface area contributed by atoms with Crippen molar-refractivity contribution in [1.29, 1.82) is 0 Å². The molecule has 10 heteroatoms. The van der Waals surface area contributed by atoms with Gasteiger partial charge < -0.3 is 15.4 Å². The Morgan fingerprint density at radius 3 is 2.32 bits per heavy atom. The van der Waals surface area contributed by atoms with Crippen LogP contribution in [0.4, 0.5) is 0 Å². The second-order valence-electron chi connectivity index (χ2n) is 8.57. The summed E-state index contributed by atoms with van der Waals surface area (Å²) in [5, 5.41) is 6.11.